The quantitative estimate of drug-likeness (QED) is 0.629. The molecule has 2 atom stereocenters. The highest BCUT2D eigenvalue weighted by Gasteiger charge is 2.35. The fourth-order valence-electron chi connectivity index (χ4n) is 4.01. The number of fused-ring (bicyclic) bond motifs is 3. The topological polar surface area (TPSA) is 37.4 Å². The molecule has 2 bridgehead atoms. The van der Waals surface area contributed by atoms with E-state index in [0.717, 1.165) is 45.2 Å². The minimum absolute atomic E-state index is 0.190. The summed E-state index contributed by atoms with van der Waals surface area (Å²) in [6, 6.07) is 0. The van der Waals surface area contributed by atoms with Crippen LogP contribution >= 0.6 is 0 Å². The highest BCUT2D eigenvalue weighted by atomic mass is 16.2. The van der Waals surface area contributed by atoms with Crippen molar-refractivity contribution in [2.45, 2.75) is 51.9 Å². The molecule has 0 unspecified atom stereocenters. The average molecular weight is 261 g/mol. The fraction of sp³-hybridized carbons (Fsp3) is 0.750. The second kappa shape index (κ2) is 5.10. The molecule has 3 nitrogen and oxygen atoms in total. The molecule has 1 fully saturated rings. The molecule has 0 aromatic carbocycles. The number of carbonyl (C=O) groups excluding carboxylic acids is 2. The van der Waals surface area contributed by atoms with Crippen molar-refractivity contribution in [1.82, 2.24) is 4.90 Å². The van der Waals surface area contributed by atoms with E-state index in [1.165, 1.54) is 11.1 Å². The highest BCUT2D eigenvalue weighted by molar-refractivity contribution is 5.89. The van der Waals surface area contributed by atoms with Crippen molar-refractivity contribution in [3.8, 4) is 0 Å². The van der Waals surface area contributed by atoms with Crippen LogP contribution in [-0.4, -0.2) is 29.7 Å². The first-order valence-corrected chi connectivity index (χ1v) is 7.66. The molecule has 1 amide bonds. The maximum absolute atomic E-state index is 12.3. The van der Waals surface area contributed by atoms with Gasteiger partial charge >= 0.3 is 0 Å². The predicted octanol–water partition coefficient (Wildman–Crippen LogP) is 2.70. The van der Waals surface area contributed by atoms with Crippen molar-refractivity contribution in [2.24, 2.45) is 11.8 Å². The molecule has 0 saturated carbocycles. The first-order valence-electron chi connectivity index (χ1n) is 7.66. The van der Waals surface area contributed by atoms with Crippen LogP contribution < -0.4 is 0 Å². The van der Waals surface area contributed by atoms with Crippen LogP contribution in [0.3, 0.4) is 0 Å². The van der Waals surface area contributed by atoms with Gasteiger partial charge < -0.3 is 4.90 Å². The van der Waals surface area contributed by atoms with E-state index in [4.69, 9.17) is 0 Å². The summed E-state index contributed by atoms with van der Waals surface area (Å²) in [6.07, 6.45) is 6.27. The van der Waals surface area contributed by atoms with Crippen molar-refractivity contribution in [3.05, 3.63) is 11.1 Å². The zero-order valence-corrected chi connectivity index (χ0v) is 11.8. The summed E-state index contributed by atoms with van der Waals surface area (Å²) in [7, 11) is 0. The third kappa shape index (κ3) is 2.47. The number of allylic oxidation sites excluding steroid dienone is 2. The van der Waals surface area contributed by atoms with Gasteiger partial charge in [0.1, 0.15) is 5.78 Å². The van der Waals surface area contributed by atoms with E-state index in [-0.39, 0.29) is 5.92 Å². The number of amides is 1. The molecule has 0 aromatic rings. The van der Waals surface area contributed by atoms with E-state index in [1.54, 1.807) is 0 Å². The first-order chi connectivity index (χ1) is 9.15. The molecule has 0 N–H and O–H groups in total. The van der Waals surface area contributed by atoms with Gasteiger partial charge in [-0.3, -0.25) is 9.59 Å². The summed E-state index contributed by atoms with van der Waals surface area (Å²) in [4.78, 5) is 26.5. The van der Waals surface area contributed by atoms with Crippen LogP contribution in [0.25, 0.3) is 0 Å². The third-order valence-corrected chi connectivity index (χ3v) is 4.92. The van der Waals surface area contributed by atoms with Crippen molar-refractivity contribution in [1.29, 1.82) is 0 Å². The Balaban J connectivity index is 1.96. The number of hydrogen-bond donors (Lipinski definition) is 0. The Kier molecular flexibility index (Phi) is 3.46. The second-order valence-corrected chi connectivity index (χ2v) is 6.46. The van der Waals surface area contributed by atoms with Crippen LogP contribution in [0.15, 0.2) is 11.1 Å². The zero-order valence-electron chi connectivity index (χ0n) is 11.8. The lowest BCUT2D eigenvalue weighted by Gasteiger charge is -2.25. The molecule has 0 aromatic heterocycles. The lowest BCUT2D eigenvalue weighted by Crippen LogP contribution is -2.34. The summed E-state index contributed by atoms with van der Waals surface area (Å²) < 4.78 is 0. The lowest BCUT2D eigenvalue weighted by atomic mass is 9.89. The number of hydrogen-bond acceptors (Lipinski definition) is 2. The van der Waals surface area contributed by atoms with Gasteiger partial charge in [0, 0.05) is 31.8 Å². The van der Waals surface area contributed by atoms with E-state index in [9.17, 15) is 9.59 Å². The van der Waals surface area contributed by atoms with E-state index < -0.39 is 0 Å². The van der Waals surface area contributed by atoms with Crippen LogP contribution in [0.5, 0.6) is 0 Å². The summed E-state index contributed by atoms with van der Waals surface area (Å²) >= 11 is 0. The monoisotopic (exact) mass is 261 g/mol. The Morgan fingerprint density at radius 2 is 1.89 bits per heavy atom. The van der Waals surface area contributed by atoms with Crippen LogP contribution in [-0.2, 0) is 9.59 Å². The largest absolute Gasteiger partial charge is 0.343 e. The van der Waals surface area contributed by atoms with Gasteiger partial charge in [-0.05, 0) is 38.0 Å². The number of carbonyl (C=O) groups is 2. The molecular weight excluding hydrogens is 238 g/mol. The normalized spacial score (nSPS) is 32.6. The summed E-state index contributed by atoms with van der Waals surface area (Å²) in [6.45, 7) is 3.87. The van der Waals surface area contributed by atoms with Gasteiger partial charge in [0.2, 0.25) is 5.91 Å². The van der Waals surface area contributed by atoms with Crippen molar-refractivity contribution in [2.75, 3.05) is 13.1 Å². The van der Waals surface area contributed by atoms with Gasteiger partial charge in [-0.1, -0.05) is 18.1 Å². The van der Waals surface area contributed by atoms with Gasteiger partial charge in [-0.2, -0.15) is 0 Å². The van der Waals surface area contributed by atoms with E-state index >= 15 is 0 Å². The molecule has 104 valence electrons. The summed E-state index contributed by atoms with van der Waals surface area (Å²) in [5.74, 6) is 1.33. The van der Waals surface area contributed by atoms with Crippen LogP contribution in [0.4, 0.5) is 0 Å². The smallest absolute Gasteiger partial charge is 0.222 e. The Labute approximate surface area is 115 Å². The minimum Gasteiger partial charge on any atom is -0.343 e. The summed E-state index contributed by atoms with van der Waals surface area (Å²) in [5, 5.41) is 0. The number of ketones is 1. The van der Waals surface area contributed by atoms with Gasteiger partial charge in [0.25, 0.3) is 0 Å². The highest BCUT2D eigenvalue weighted by Crippen LogP contribution is 2.40. The van der Waals surface area contributed by atoms with Crippen LogP contribution in [0.2, 0.25) is 0 Å². The number of nitrogens with zero attached hydrogens (tertiary/aromatic N) is 1. The maximum Gasteiger partial charge on any atom is 0.222 e. The number of rotatable bonds is 0. The Morgan fingerprint density at radius 3 is 2.74 bits per heavy atom. The zero-order chi connectivity index (χ0) is 13.4. The summed E-state index contributed by atoms with van der Waals surface area (Å²) in [5.41, 5.74) is 2.83. The van der Waals surface area contributed by atoms with Gasteiger partial charge in [0.15, 0.2) is 0 Å². The predicted molar refractivity (Wildman–Crippen MR) is 73.6 cm³/mol. The van der Waals surface area contributed by atoms with Crippen molar-refractivity contribution >= 4 is 11.7 Å². The molecule has 0 radical (unpaired) electrons. The SMILES string of the molecule is C[C@H]1CC(=O)N2CCCC3=C(CC(=O)[C@H]3CCC2)C1. The Morgan fingerprint density at radius 1 is 1.11 bits per heavy atom. The van der Waals surface area contributed by atoms with Crippen LogP contribution in [0, 0.1) is 11.8 Å². The molecule has 1 saturated heterocycles. The maximum atomic E-state index is 12.3. The Bertz CT molecular complexity index is 438. The van der Waals surface area contributed by atoms with Gasteiger partial charge in [-0.15, -0.1) is 0 Å². The van der Waals surface area contributed by atoms with Crippen molar-refractivity contribution < 1.29 is 9.59 Å². The second-order valence-electron chi connectivity index (χ2n) is 6.46. The Hall–Kier alpha value is -1.12. The fourth-order valence-corrected chi connectivity index (χ4v) is 4.01. The molecule has 3 heteroatoms. The van der Waals surface area contributed by atoms with E-state index in [0.29, 0.717) is 30.4 Å². The van der Waals surface area contributed by atoms with Crippen molar-refractivity contribution in [3.63, 3.8) is 0 Å². The van der Waals surface area contributed by atoms with Crippen LogP contribution in [0.1, 0.15) is 51.9 Å². The molecule has 2 heterocycles. The molecule has 2 aliphatic heterocycles. The van der Waals surface area contributed by atoms with Gasteiger partial charge in [0.05, 0.1) is 0 Å². The molecule has 19 heavy (non-hydrogen) atoms. The average Bonchev–Trinajstić information content (AvgIpc) is 2.67. The van der Waals surface area contributed by atoms with Gasteiger partial charge in [-0.25, -0.2) is 0 Å². The van der Waals surface area contributed by atoms with E-state index in [1.807, 2.05) is 4.90 Å². The molecule has 1 aliphatic carbocycles. The molecule has 3 aliphatic rings. The molecule has 3 rings (SSSR count). The standard InChI is InChI=1S/C16H23NO2/c1-11-8-12-10-15(18)14-5-3-7-17(16(19)9-11)6-2-4-13(12)14/h11,14H,2-10H2,1H3/t11-,14+/m1/s1. The molecule has 0 spiro atoms. The number of Topliss-reactive ketones (excluding diaryl/α,β-unsaturated/α-hetero) is 1. The molecular formula is C16H23NO2. The first kappa shape index (κ1) is 12.9. The van der Waals surface area contributed by atoms with E-state index in [2.05, 4.69) is 6.92 Å². The lowest BCUT2D eigenvalue weighted by molar-refractivity contribution is -0.132. The third-order valence-electron chi connectivity index (χ3n) is 4.92. The minimum atomic E-state index is 0.190.